The first-order chi connectivity index (χ1) is 13.2. The number of aromatic carboxylic acids is 1. The minimum Gasteiger partial charge on any atom is -0.477 e. The van der Waals surface area contributed by atoms with Gasteiger partial charge in [-0.25, -0.2) is 4.79 Å². The van der Waals surface area contributed by atoms with E-state index in [1.165, 1.54) is 12.3 Å². The molecule has 3 aromatic rings. The molecule has 4 rings (SSSR count). The van der Waals surface area contributed by atoms with Gasteiger partial charge in [-0.2, -0.15) is 5.10 Å². The van der Waals surface area contributed by atoms with Crippen LogP contribution in [0.3, 0.4) is 0 Å². The van der Waals surface area contributed by atoms with E-state index in [4.69, 9.17) is 16.7 Å². The van der Waals surface area contributed by atoms with Crippen molar-refractivity contribution >= 4 is 17.6 Å². The lowest BCUT2D eigenvalue weighted by Gasteiger charge is -2.38. The average molecular weight is 398 g/mol. The first kappa shape index (κ1) is 18.5. The zero-order valence-corrected chi connectivity index (χ0v) is 16.6. The Morgan fingerprint density at radius 1 is 1.25 bits per heavy atom. The molecule has 1 aliphatic heterocycles. The summed E-state index contributed by atoms with van der Waals surface area (Å²) in [6, 6.07) is 10.9. The highest BCUT2D eigenvalue weighted by Gasteiger charge is 2.36. The summed E-state index contributed by atoms with van der Waals surface area (Å²) in [4.78, 5) is 23.9. The molecule has 0 fully saturated rings. The van der Waals surface area contributed by atoms with Gasteiger partial charge in [0, 0.05) is 17.8 Å². The van der Waals surface area contributed by atoms with Crippen molar-refractivity contribution in [2.24, 2.45) is 5.41 Å². The summed E-state index contributed by atoms with van der Waals surface area (Å²) >= 11 is 6.71. The molecule has 0 spiro atoms. The van der Waals surface area contributed by atoms with Crippen LogP contribution in [-0.2, 0) is 6.54 Å². The lowest BCUT2D eigenvalue weighted by atomic mass is 9.85. The molecule has 7 heteroatoms. The molecule has 28 heavy (non-hydrogen) atoms. The van der Waals surface area contributed by atoms with E-state index in [-0.39, 0.29) is 17.0 Å². The number of fused-ring (bicyclic) bond motifs is 3. The van der Waals surface area contributed by atoms with E-state index in [1.54, 1.807) is 0 Å². The van der Waals surface area contributed by atoms with Gasteiger partial charge in [0.2, 0.25) is 0 Å². The van der Waals surface area contributed by atoms with E-state index >= 15 is 0 Å². The van der Waals surface area contributed by atoms with Gasteiger partial charge in [-0.05, 0) is 5.41 Å². The molecule has 3 heterocycles. The van der Waals surface area contributed by atoms with Gasteiger partial charge in [0.25, 0.3) is 0 Å². The number of hydrogen-bond donors (Lipinski definition) is 1. The Labute approximate surface area is 167 Å². The fourth-order valence-corrected chi connectivity index (χ4v) is 4.04. The number of aromatic nitrogens is 3. The van der Waals surface area contributed by atoms with Crippen molar-refractivity contribution in [1.82, 2.24) is 14.3 Å². The summed E-state index contributed by atoms with van der Waals surface area (Å²) in [6.45, 7) is 6.76. The molecule has 1 N–H and O–H groups in total. The summed E-state index contributed by atoms with van der Waals surface area (Å²) in [6.07, 6.45) is 1.44. The monoisotopic (exact) mass is 397 g/mol. The van der Waals surface area contributed by atoms with Gasteiger partial charge in [-0.15, -0.1) is 0 Å². The highest BCUT2D eigenvalue weighted by atomic mass is 35.5. The highest BCUT2D eigenvalue weighted by molar-refractivity contribution is 6.35. The van der Waals surface area contributed by atoms with E-state index in [2.05, 4.69) is 20.8 Å². The van der Waals surface area contributed by atoms with Gasteiger partial charge in [0.15, 0.2) is 5.43 Å². The van der Waals surface area contributed by atoms with Crippen LogP contribution in [0, 0.1) is 5.41 Å². The van der Waals surface area contributed by atoms with Crippen LogP contribution < -0.4 is 5.43 Å². The maximum absolute atomic E-state index is 12.4. The standard InChI is InChI=1S/C21H20ClN3O3/c1-21(2,3)16-11-25-19(14-9-15(26)13(20(27)28)10-24(14)16)17(22)18(23-25)12-7-5-4-6-8-12/h4-10,16H,11H2,1-3H3,(H,27,28)/t16-/m0/s1. The topological polar surface area (TPSA) is 77.1 Å². The van der Waals surface area contributed by atoms with Gasteiger partial charge < -0.3 is 9.67 Å². The van der Waals surface area contributed by atoms with Crippen molar-refractivity contribution in [3.8, 4) is 22.6 Å². The number of hydrogen-bond acceptors (Lipinski definition) is 3. The van der Waals surface area contributed by atoms with E-state index in [0.29, 0.717) is 28.6 Å². The Kier molecular flexibility index (Phi) is 4.19. The second-order valence-corrected chi connectivity index (χ2v) is 8.47. The van der Waals surface area contributed by atoms with Crippen LogP contribution >= 0.6 is 11.6 Å². The normalized spacial score (nSPS) is 15.8. The second-order valence-electron chi connectivity index (χ2n) is 8.09. The molecule has 0 amide bonds. The molecule has 1 aliphatic rings. The van der Waals surface area contributed by atoms with Crippen LogP contribution in [-0.4, -0.2) is 25.4 Å². The number of rotatable bonds is 2. The fourth-order valence-electron chi connectivity index (χ4n) is 3.70. The molecule has 6 nitrogen and oxygen atoms in total. The first-order valence-electron chi connectivity index (χ1n) is 9.00. The third kappa shape index (κ3) is 2.85. The SMILES string of the molecule is CC(C)(C)[C@@H]1Cn2nc(-c3ccccc3)c(Cl)c2-c2cc(=O)c(C(=O)O)cn21. The second kappa shape index (κ2) is 6.34. The molecule has 1 aromatic carbocycles. The van der Waals surface area contributed by atoms with Crippen molar-refractivity contribution in [2.45, 2.75) is 33.4 Å². The van der Waals surface area contributed by atoms with Gasteiger partial charge in [-0.1, -0.05) is 62.7 Å². The number of carboxylic acid groups (broad SMARTS) is 1. The first-order valence-corrected chi connectivity index (χ1v) is 9.38. The van der Waals surface area contributed by atoms with Crippen LogP contribution in [0.15, 0.2) is 47.4 Å². The summed E-state index contributed by atoms with van der Waals surface area (Å²) in [5.41, 5.74) is 1.77. The zero-order valence-electron chi connectivity index (χ0n) is 15.8. The maximum atomic E-state index is 12.4. The van der Waals surface area contributed by atoms with Crippen molar-refractivity contribution in [1.29, 1.82) is 0 Å². The molecule has 0 bridgehead atoms. The number of nitrogens with zero attached hydrogens (tertiary/aromatic N) is 3. The van der Waals surface area contributed by atoms with Gasteiger partial charge in [-0.3, -0.25) is 9.48 Å². The molecule has 0 radical (unpaired) electrons. The van der Waals surface area contributed by atoms with E-state index in [9.17, 15) is 14.7 Å². The summed E-state index contributed by atoms with van der Waals surface area (Å²) in [5.74, 6) is -1.23. The van der Waals surface area contributed by atoms with Crippen LogP contribution in [0.2, 0.25) is 5.02 Å². The lowest BCUT2D eigenvalue weighted by Crippen LogP contribution is -2.35. The van der Waals surface area contributed by atoms with Crippen LogP contribution in [0.5, 0.6) is 0 Å². The molecule has 0 unspecified atom stereocenters. The Morgan fingerprint density at radius 2 is 1.93 bits per heavy atom. The van der Waals surface area contributed by atoms with Gasteiger partial charge in [0.1, 0.15) is 17.0 Å². The molecule has 0 saturated carbocycles. The number of benzene rings is 1. The van der Waals surface area contributed by atoms with Crippen molar-refractivity contribution < 1.29 is 9.90 Å². The predicted molar refractivity (Wildman–Crippen MR) is 108 cm³/mol. The smallest absolute Gasteiger partial charge is 0.341 e. The molecule has 1 atom stereocenters. The molecule has 0 saturated heterocycles. The van der Waals surface area contributed by atoms with Crippen LogP contribution in [0.4, 0.5) is 0 Å². The number of carboxylic acids is 1. The van der Waals surface area contributed by atoms with E-state index in [1.807, 2.05) is 39.6 Å². The summed E-state index contributed by atoms with van der Waals surface area (Å²) in [7, 11) is 0. The zero-order chi connectivity index (χ0) is 20.2. The minimum absolute atomic E-state index is 0.0895. The van der Waals surface area contributed by atoms with Gasteiger partial charge in [0.05, 0.1) is 23.3 Å². The number of pyridine rings is 1. The molecular weight excluding hydrogens is 378 g/mol. The Hall–Kier alpha value is -2.86. The van der Waals surface area contributed by atoms with Crippen molar-refractivity contribution in [3.63, 3.8) is 0 Å². The third-order valence-corrected chi connectivity index (χ3v) is 5.53. The highest BCUT2D eigenvalue weighted by Crippen LogP contribution is 2.44. The fraction of sp³-hybridized carbons (Fsp3) is 0.286. The summed E-state index contributed by atoms with van der Waals surface area (Å²) < 4.78 is 3.69. The van der Waals surface area contributed by atoms with Crippen molar-refractivity contribution in [3.05, 3.63) is 63.4 Å². The Balaban J connectivity index is 2.01. The Bertz CT molecular complexity index is 1140. The van der Waals surface area contributed by atoms with Gasteiger partial charge >= 0.3 is 5.97 Å². The number of halogens is 1. The molecule has 0 aliphatic carbocycles. The maximum Gasteiger partial charge on any atom is 0.341 e. The quantitative estimate of drug-likeness (QED) is 0.698. The summed E-state index contributed by atoms with van der Waals surface area (Å²) in [5, 5.41) is 14.6. The largest absolute Gasteiger partial charge is 0.477 e. The third-order valence-electron chi connectivity index (χ3n) is 5.18. The van der Waals surface area contributed by atoms with Crippen LogP contribution in [0.1, 0.15) is 37.2 Å². The minimum atomic E-state index is -1.23. The molecule has 144 valence electrons. The molecule has 2 aromatic heterocycles. The number of carbonyl (C=O) groups is 1. The Morgan fingerprint density at radius 3 is 2.54 bits per heavy atom. The molecular formula is C21H20ClN3O3. The van der Waals surface area contributed by atoms with Crippen molar-refractivity contribution in [2.75, 3.05) is 0 Å². The van der Waals surface area contributed by atoms with Crippen LogP contribution in [0.25, 0.3) is 22.6 Å². The average Bonchev–Trinajstić information content (AvgIpc) is 2.97. The predicted octanol–water partition coefficient (Wildman–Crippen LogP) is 4.33. The van der Waals surface area contributed by atoms with E-state index < -0.39 is 11.4 Å². The lowest BCUT2D eigenvalue weighted by molar-refractivity contribution is 0.0693. The van der Waals surface area contributed by atoms with E-state index in [0.717, 1.165) is 5.56 Å².